The fourth-order valence-corrected chi connectivity index (χ4v) is 2.65. The minimum absolute atomic E-state index is 0.118. The lowest BCUT2D eigenvalue weighted by Gasteiger charge is -2.17. The van der Waals surface area contributed by atoms with Crippen molar-refractivity contribution < 1.29 is 8.42 Å². The van der Waals surface area contributed by atoms with Crippen LogP contribution in [0.25, 0.3) is 0 Å². The van der Waals surface area contributed by atoms with Gasteiger partial charge in [0.25, 0.3) is 0 Å². The van der Waals surface area contributed by atoms with Gasteiger partial charge in [0.15, 0.2) is 0 Å². The van der Waals surface area contributed by atoms with Crippen LogP contribution < -0.4 is 0 Å². The highest BCUT2D eigenvalue weighted by Crippen LogP contribution is 2.15. The molecule has 1 aromatic rings. The SMILES string of the molecule is CCN(CC#N)S(=O)(=O)c1ccc(C)cc1. The van der Waals surface area contributed by atoms with E-state index >= 15 is 0 Å². The van der Waals surface area contributed by atoms with E-state index in [1.165, 1.54) is 0 Å². The van der Waals surface area contributed by atoms with E-state index in [0.29, 0.717) is 6.54 Å². The highest BCUT2D eigenvalue weighted by atomic mass is 32.2. The molecule has 1 aromatic carbocycles. The summed E-state index contributed by atoms with van der Waals surface area (Å²) in [4.78, 5) is 0.232. The van der Waals surface area contributed by atoms with Crippen LogP contribution in [0.4, 0.5) is 0 Å². The van der Waals surface area contributed by atoms with Gasteiger partial charge >= 0.3 is 0 Å². The van der Waals surface area contributed by atoms with Crippen molar-refractivity contribution in [1.82, 2.24) is 4.31 Å². The van der Waals surface area contributed by atoms with Gasteiger partial charge in [-0.1, -0.05) is 24.6 Å². The van der Waals surface area contributed by atoms with Crippen LogP contribution >= 0.6 is 0 Å². The third-order valence-electron chi connectivity index (χ3n) is 2.26. The van der Waals surface area contributed by atoms with Crippen LogP contribution in [0.2, 0.25) is 0 Å². The molecule has 5 heteroatoms. The number of aryl methyl sites for hydroxylation is 1. The Labute approximate surface area is 96.2 Å². The van der Waals surface area contributed by atoms with Crippen LogP contribution in [0.15, 0.2) is 29.2 Å². The van der Waals surface area contributed by atoms with E-state index in [2.05, 4.69) is 0 Å². The molecule has 16 heavy (non-hydrogen) atoms. The van der Waals surface area contributed by atoms with E-state index in [1.807, 2.05) is 13.0 Å². The van der Waals surface area contributed by atoms with Crippen LogP contribution in [-0.2, 0) is 10.0 Å². The quantitative estimate of drug-likeness (QED) is 0.747. The summed E-state index contributed by atoms with van der Waals surface area (Å²) in [5.74, 6) is 0. The fourth-order valence-electron chi connectivity index (χ4n) is 1.30. The molecule has 0 saturated heterocycles. The molecule has 0 aliphatic rings. The van der Waals surface area contributed by atoms with Crippen molar-refractivity contribution in [1.29, 1.82) is 5.26 Å². The maximum Gasteiger partial charge on any atom is 0.244 e. The molecule has 0 aromatic heterocycles. The molecule has 0 bridgehead atoms. The topological polar surface area (TPSA) is 61.2 Å². The van der Waals surface area contributed by atoms with E-state index in [0.717, 1.165) is 9.87 Å². The summed E-state index contributed by atoms with van der Waals surface area (Å²) in [7, 11) is -3.52. The molecule has 0 saturated carbocycles. The average Bonchev–Trinajstić information content (AvgIpc) is 2.26. The zero-order valence-corrected chi connectivity index (χ0v) is 10.2. The lowest BCUT2D eigenvalue weighted by Crippen LogP contribution is -2.31. The summed E-state index contributed by atoms with van der Waals surface area (Å²) in [6.07, 6.45) is 0. The van der Waals surface area contributed by atoms with Gasteiger partial charge in [-0.25, -0.2) is 8.42 Å². The minimum Gasteiger partial charge on any atom is -0.207 e. The first-order valence-corrected chi connectivity index (χ1v) is 6.40. The monoisotopic (exact) mass is 238 g/mol. The zero-order chi connectivity index (χ0) is 12.2. The summed E-state index contributed by atoms with van der Waals surface area (Å²) < 4.78 is 25.2. The van der Waals surface area contributed by atoms with E-state index in [9.17, 15) is 8.42 Å². The third kappa shape index (κ3) is 2.60. The van der Waals surface area contributed by atoms with Crippen molar-refractivity contribution in [2.75, 3.05) is 13.1 Å². The number of benzene rings is 1. The first-order chi connectivity index (χ1) is 7.52. The molecular formula is C11H14N2O2S. The molecule has 0 radical (unpaired) electrons. The van der Waals surface area contributed by atoms with E-state index in [1.54, 1.807) is 31.2 Å². The van der Waals surface area contributed by atoms with Crippen molar-refractivity contribution >= 4 is 10.0 Å². The Bertz CT molecular complexity index is 486. The Balaban J connectivity index is 3.10. The van der Waals surface area contributed by atoms with Crippen LogP contribution in [0.5, 0.6) is 0 Å². The Hall–Kier alpha value is -1.38. The fraction of sp³-hybridized carbons (Fsp3) is 0.364. The van der Waals surface area contributed by atoms with Gasteiger partial charge in [-0.05, 0) is 19.1 Å². The van der Waals surface area contributed by atoms with Crippen LogP contribution in [0, 0.1) is 18.3 Å². The Morgan fingerprint density at radius 3 is 2.31 bits per heavy atom. The predicted octanol–water partition coefficient (Wildman–Crippen LogP) is 1.53. The number of rotatable bonds is 4. The molecule has 0 aliphatic carbocycles. The first kappa shape index (κ1) is 12.7. The zero-order valence-electron chi connectivity index (χ0n) is 9.34. The maximum atomic E-state index is 12.0. The highest BCUT2D eigenvalue weighted by molar-refractivity contribution is 7.89. The van der Waals surface area contributed by atoms with Gasteiger partial charge in [-0.3, -0.25) is 0 Å². The van der Waals surface area contributed by atoms with Crippen molar-refractivity contribution in [2.24, 2.45) is 0 Å². The van der Waals surface area contributed by atoms with Crippen molar-refractivity contribution in [3.8, 4) is 6.07 Å². The molecule has 0 amide bonds. The molecule has 0 aliphatic heterocycles. The van der Waals surface area contributed by atoms with Crippen LogP contribution in [-0.4, -0.2) is 25.8 Å². The molecule has 4 nitrogen and oxygen atoms in total. The summed E-state index contributed by atoms with van der Waals surface area (Å²) in [6.45, 7) is 3.78. The summed E-state index contributed by atoms with van der Waals surface area (Å²) in [5.41, 5.74) is 1.00. The van der Waals surface area contributed by atoms with Gasteiger partial charge in [0.05, 0.1) is 11.0 Å². The molecule has 86 valence electrons. The predicted molar refractivity (Wildman–Crippen MR) is 61.2 cm³/mol. The Morgan fingerprint density at radius 2 is 1.88 bits per heavy atom. The molecule has 1 rings (SSSR count). The molecule has 0 N–H and O–H groups in total. The first-order valence-electron chi connectivity index (χ1n) is 4.96. The molecule has 0 heterocycles. The lowest BCUT2D eigenvalue weighted by molar-refractivity contribution is 0.462. The maximum absolute atomic E-state index is 12.0. The van der Waals surface area contributed by atoms with E-state index in [-0.39, 0.29) is 11.4 Å². The number of hydrogen-bond donors (Lipinski definition) is 0. The van der Waals surface area contributed by atoms with E-state index in [4.69, 9.17) is 5.26 Å². The largest absolute Gasteiger partial charge is 0.244 e. The minimum atomic E-state index is -3.52. The van der Waals surface area contributed by atoms with Gasteiger partial charge in [-0.2, -0.15) is 9.57 Å². The summed E-state index contributed by atoms with van der Waals surface area (Å²) in [6, 6.07) is 8.46. The molecule has 0 fully saturated rings. The van der Waals surface area contributed by atoms with Gasteiger partial charge < -0.3 is 0 Å². The number of hydrogen-bond acceptors (Lipinski definition) is 3. The van der Waals surface area contributed by atoms with Crippen molar-refractivity contribution in [2.45, 2.75) is 18.7 Å². The number of nitrogens with zero attached hydrogens (tertiary/aromatic N) is 2. The van der Waals surface area contributed by atoms with Crippen molar-refractivity contribution in [3.63, 3.8) is 0 Å². The average molecular weight is 238 g/mol. The van der Waals surface area contributed by atoms with E-state index < -0.39 is 10.0 Å². The molecule has 0 unspecified atom stereocenters. The van der Waals surface area contributed by atoms with Crippen LogP contribution in [0.1, 0.15) is 12.5 Å². The second kappa shape index (κ2) is 5.10. The molecule has 0 atom stereocenters. The van der Waals surface area contributed by atoms with Gasteiger partial charge in [0, 0.05) is 6.54 Å². The summed E-state index contributed by atoms with van der Waals surface area (Å²) >= 11 is 0. The normalized spacial score (nSPS) is 11.4. The lowest BCUT2D eigenvalue weighted by atomic mass is 10.2. The standard InChI is InChI=1S/C11H14N2O2S/c1-3-13(9-8-12)16(14,15)11-6-4-10(2)5-7-11/h4-7H,3,9H2,1-2H3. The van der Waals surface area contributed by atoms with Gasteiger partial charge in [-0.15, -0.1) is 0 Å². The molecule has 0 spiro atoms. The number of sulfonamides is 1. The summed E-state index contributed by atoms with van der Waals surface area (Å²) in [5, 5.41) is 8.57. The third-order valence-corrected chi connectivity index (χ3v) is 4.19. The smallest absolute Gasteiger partial charge is 0.207 e. The number of nitriles is 1. The van der Waals surface area contributed by atoms with Gasteiger partial charge in [0.2, 0.25) is 10.0 Å². The second-order valence-corrected chi connectivity index (χ2v) is 5.34. The Kier molecular flexibility index (Phi) is 4.05. The second-order valence-electron chi connectivity index (χ2n) is 3.40. The highest BCUT2D eigenvalue weighted by Gasteiger charge is 2.22. The van der Waals surface area contributed by atoms with Gasteiger partial charge in [0.1, 0.15) is 6.54 Å². The Morgan fingerprint density at radius 1 is 1.31 bits per heavy atom. The van der Waals surface area contributed by atoms with Crippen LogP contribution in [0.3, 0.4) is 0 Å². The molecular weight excluding hydrogens is 224 g/mol. The van der Waals surface area contributed by atoms with Crippen molar-refractivity contribution in [3.05, 3.63) is 29.8 Å².